The molecular weight excluding hydrogens is 422 g/mol. The van der Waals surface area contributed by atoms with E-state index < -0.39 is 0 Å². The lowest BCUT2D eigenvalue weighted by atomic mass is 10.1. The molecule has 0 saturated heterocycles. The van der Waals surface area contributed by atoms with Gasteiger partial charge in [-0.25, -0.2) is 5.43 Å². The molecule has 8 heteroatoms. The number of hydrazone groups is 1. The Balaban J connectivity index is 1.52. The normalized spacial score (nSPS) is 11.2. The van der Waals surface area contributed by atoms with Crippen molar-refractivity contribution in [3.05, 3.63) is 83.3 Å². The van der Waals surface area contributed by atoms with E-state index in [0.717, 1.165) is 28.4 Å². The number of benzene rings is 2. The molecule has 4 rings (SSSR count). The minimum absolute atomic E-state index is 0.145. The van der Waals surface area contributed by atoms with Crippen LogP contribution >= 0.6 is 11.8 Å². The maximum Gasteiger partial charge on any atom is 0.250 e. The lowest BCUT2D eigenvalue weighted by Crippen LogP contribution is -2.19. The lowest BCUT2D eigenvalue weighted by molar-refractivity contribution is -0.118. The van der Waals surface area contributed by atoms with Crippen LogP contribution < -0.4 is 5.43 Å². The van der Waals surface area contributed by atoms with Crippen LogP contribution in [0.1, 0.15) is 22.6 Å². The summed E-state index contributed by atoms with van der Waals surface area (Å²) in [5.41, 5.74) is 6.74. The summed E-state index contributed by atoms with van der Waals surface area (Å²) < 4.78 is 7.36. The van der Waals surface area contributed by atoms with Gasteiger partial charge in [-0.1, -0.05) is 59.3 Å². The second-order valence-corrected chi connectivity index (χ2v) is 8.32. The van der Waals surface area contributed by atoms with Gasteiger partial charge in [0, 0.05) is 11.3 Å². The van der Waals surface area contributed by atoms with Gasteiger partial charge in [0.25, 0.3) is 5.91 Å². The number of hydrogen-bond donors (Lipinski definition) is 1. The highest BCUT2D eigenvalue weighted by Crippen LogP contribution is 2.28. The third-order valence-electron chi connectivity index (χ3n) is 4.71. The molecule has 0 atom stereocenters. The van der Waals surface area contributed by atoms with Crippen molar-refractivity contribution < 1.29 is 9.21 Å². The van der Waals surface area contributed by atoms with Gasteiger partial charge in [0.2, 0.25) is 0 Å². The van der Waals surface area contributed by atoms with Crippen molar-refractivity contribution in [1.82, 2.24) is 20.2 Å². The second-order valence-electron chi connectivity index (χ2n) is 7.37. The fraction of sp³-hybridized carbons (Fsp3) is 0.167. The molecule has 7 nitrogen and oxygen atoms in total. The number of nitrogens with one attached hydrogen (secondary N) is 1. The summed E-state index contributed by atoms with van der Waals surface area (Å²) in [7, 11) is 0. The predicted molar refractivity (Wildman–Crippen MR) is 126 cm³/mol. The molecule has 0 bridgehead atoms. The summed E-state index contributed by atoms with van der Waals surface area (Å²) in [6, 6.07) is 19.9. The number of hydrogen-bond acceptors (Lipinski definition) is 6. The monoisotopic (exact) mass is 445 g/mol. The van der Waals surface area contributed by atoms with Crippen molar-refractivity contribution in [2.45, 2.75) is 25.9 Å². The van der Waals surface area contributed by atoms with Crippen LogP contribution in [0.5, 0.6) is 0 Å². The van der Waals surface area contributed by atoms with E-state index in [4.69, 9.17) is 4.42 Å². The van der Waals surface area contributed by atoms with Crippen LogP contribution in [0.25, 0.3) is 17.1 Å². The molecule has 0 radical (unpaired) electrons. The van der Waals surface area contributed by atoms with Gasteiger partial charge < -0.3 is 4.42 Å². The van der Waals surface area contributed by atoms with Crippen molar-refractivity contribution in [1.29, 1.82) is 0 Å². The largest absolute Gasteiger partial charge is 0.460 e. The average Bonchev–Trinajstić information content (AvgIpc) is 3.39. The lowest BCUT2D eigenvalue weighted by Gasteiger charge is -2.11. The predicted octanol–water partition coefficient (Wildman–Crippen LogP) is 4.69. The Labute approximate surface area is 190 Å². The molecule has 4 aromatic rings. The first-order valence-corrected chi connectivity index (χ1v) is 11.1. The quantitative estimate of drug-likeness (QED) is 0.253. The van der Waals surface area contributed by atoms with Gasteiger partial charge in [-0.05, 0) is 45.0 Å². The molecule has 2 aromatic heterocycles. The van der Waals surface area contributed by atoms with Crippen LogP contribution in [-0.4, -0.2) is 32.6 Å². The molecule has 0 fully saturated rings. The zero-order chi connectivity index (χ0) is 22.5. The standard InChI is InChI=1S/C24H23N5O2S/c1-16-4-9-19(10-5-16)23-27-28-24(29(23)20-11-6-17(2)7-12-20)32-15-22(30)26-25-14-21-13-8-18(3)31-21/h4-14H,15H2,1-3H3,(H,26,30). The van der Waals surface area contributed by atoms with E-state index >= 15 is 0 Å². The van der Waals surface area contributed by atoms with Gasteiger partial charge in [0.1, 0.15) is 11.5 Å². The Bertz CT molecular complexity index is 1240. The minimum Gasteiger partial charge on any atom is -0.460 e. The molecule has 32 heavy (non-hydrogen) atoms. The van der Waals surface area contributed by atoms with Gasteiger partial charge in [0.15, 0.2) is 11.0 Å². The fourth-order valence-corrected chi connectivity index (χ4v) is 3.78. The highest BCUT2D eigenvalue weighted by Gasteiger charge is 2.17. The minimum atomic E-state index is -0.245. The first-order valence-electron chi connectivity index (χ1n) is 10.1. The number of carbonyl (C=O) groups is 1. The molecule has 1 amide bonds. The van der Waals surface area contributed by atoms with E-state index in [-0.39, 0.29) is 11.7 Å². The molecule has 0 saturated carbocycles. The van der Waals surface area contributed by atoms with Gasteiger partial charge >= 0.3 is 0 Å². The molecule has 1 N–H and O–H groups in total. The van der Waals surface area contributed by atoms with Crippen LogP contribution in [0.3, 0.4) is 0 Å². The second kappa shape index (κ2) is 9.65. The highest BCUT2D eigenvalue weighted by molar-refractivity contribution is 7.99. The first kappa shape index (κ1) is 21.6. The number of thioether (sulfide) groups is 1. The Hall–Kier alpha value is -3.65. The van der Waals surface area contributed by atoms with Gasteiger partial charge in [-0.15, -0.1) is 10.2 Å². The van der Waals surface area contributed by atoms with Crippen molar-refractivity contribution >= 4 is 23.9 Å². The van der Waals surface area contributed by atoms with Crippen LogP contribution in [0.15, 0.2) is 75.3 Å². The van der Waals surface area contributed by atoms with E-state index in [1.807, 2.05) is 79.9 Å². The van der Waals surface area contributed by atoms with Crippen molar-refractivity contribution in [2.24, 2.45) is 5.10 Å². The Morgan fingerprint density at radius 2 is 1.69 bits per heavy atom. The van der Waals surface area contributed by atoms with Gasteiger partial charge in [0.05, 0.1) is 12.0 Å². The molecule has 0 aliphatic rings. The number of aryl methyl sites for hydroxylation is 3. The van der Waals surface area contributed by atoms with Gasteiger partial charge in [-0.2, -0.15) is 5.10 Å². The molecule has 162 valence electrons. The molecule has 0 unspecified atom stereocenters. The third kappa shape index (κ3) is 5.15. The van der Waals surface area contributed by atoms with Crippen molar-refractivity contribution in [2.75, 3.05) is 5.75 Å². The average molecular weight is 446 g/mol. The van der Waals surface area contributed by atoms with Crippen LogP contribution in [0.2, 0.25) is 0 Å². The number of rotatable bonds is 7. The zero-order valence-corrected chi connectivity index (χ0v) is 18.9. The summed E-state index contributed by atoms with van der Waals surface area (Å²) >= 11 is 1.30. The number of nitrogens with zero attached hydrogens (tertiary/aromatic N) is 4. The molecular formula is C24H23N5O2S. The van der Waals surface area contributed by atoms with E-state index in [1.165, 1.54) is 23.5 Å². The Kier molecular flexibility index (Phi) is 6.51. The fourth-order valence-electron chi connectivity index (χ4n) is 3.03. The van der Waals surface area contributed by atoms with Crippen LogP contribution in [0, 0.1) is 20.8 Å². The third-order valence-corrected chi connectivity index (χ3v) is 5.64. The van der Waals surface area contributed by atoms with Crippen molar-refractivity contribution in [3.8, 4) is 17.1 Å². The van der Waals surface area contributed by atoms with E-state index in [2.05, 4.69) is 20.7 Å². The number of carbonyl (C=O) groups excluding carboxylic acids is 1. The first-order chi connectivity index (χ1) is 15.5. The molecule has 2 aromatic carbocycles. The Morgan fingerprint density at radius 3 is 2.34 bits per heavy atom. The summed E-state index contributed by atoms with van der Waals surface area (Å²) in [4.78, 5) is 12.3. The van der Waals surface area contributed by atoms with Crippen molar-refractivity contribution in [3.63, 3.8) is 0 Å². The summed E-state index contributed by atoms with van der Waals surface area (Å²) in [6.07, 6.45) is 1.47. The SMILES string of the molecule is Cc1ccc(-c2nnc(SCC(=O)NN=Cc3ccc(C)o3)n2-c2ccc(C)cc2)cc1. The molecule has 0 spiro atoms. The van der Waals surface area contributed by atoms with E-state index in [9.17, 15) is 4.79 Å². The summed E-state index contributed by atoms with van der Waals surface area (Å²) in [5.74, 6) is 1.99. The van der Waals surface area contributed by atoms with Crippen LogP contribution in [-0.2, 0) is 4.79 Å². The van der Waals surface area contributed by atoms with E-state index in [0.29, 0.717) is 10.9 Å². The van der Waals surface area contributed by atoms with E-state index in [1.54, 1.807) is 6.07 Å². The number of furan rings is 1. The summed E-state index contributed by atoms with van der Waals surface area (Å²) in [6.45, 7) is 5.94. The molecule has 0 aliphatic carbocycles. The number of aromatic nitrogens is 3. The highest BCUT2D eigenvalue weighted by atomic mass is 32.2. The summed E-state index contributed by atoms with van der Waals surface area (Å²) in [5, 5.41) is 13.3. The topological polar surface area (TPSA) is 85.3 Å². The maximum absolute atomic E-state index is 12.3. The molecule has 2 heterocycles. The molecule has 0 aliphatic heterocycles. The Morgan fingerprint density at radius 1 is 1.00 bits per heavy atom. The van der Waals surface area contributed by atoms with Crippen LogP contribution in [0.4, 0.5) is 0 Å². The maximum atomic E-state index is 12.3. The smallest absolute Gasteiger partial charge is 0.250 e. The van der Waals surface area contributed by atoms with Gasteiger partial charge in [-0.3, -0.25) is 9.36 Å². The number of amides is 1. The zero-order valence-electron chi connectivity index (χ0n) is 18.1.